The molecule has 118 valence electrons. The van der Waals surface area contributed by atoms with Crippen LogP contribution < -0.4 is 10.6 Å². The summed E-state index contributed by atoms with van der Waals surface area (Å²) in [4.78, 5) is 20.1. The molecule has 0 spiro atoms. The van der Waals surface area contributed by atoms with Crippen molar-refractivity contribution in [2.45, 2.75) is 33.2 Å². The second-order valence-electron chi connectivity index (χ2n) is 4.95. The second kappa shape index (κ2) is 9.39. The Kier molecular flexibility index (Phi) is 7.82. The maximum absolute atomic E-state index is 11.6. The zero-order chi connectivity index (χ0) is 15.7. The Hall–Kier alpha value is -1.56. The minimum atomic E-state index is -0.00279. The molecule has 0 aliphatic heterocycles. The number of nitrogens with one attached hydrogen (secondary N) is 2. The fourth-order valence-electron chi connectivity index (χ4n) is 1.58. The van der Waals surface area contributed by atoms with E-state index < -0.39 is 0 Å². The lowest BCUT2D eigenvalue weighted by Gasteiger charge is -2.12. The van der Waals surface area contributed by atoms with E-state index in [9.17, 15) is 4.79 Å². The first kappa shape index (κ1) is 17.5. The Morgan fingerprint density at radius 2 is 1.95 bits per heavy atom. The van der Waals surface area contributed by atoms with Crippen molar-refractivity contribution in [3.8, 4) is 0 Å². The van der Waals surface area contributed by atoms with Crippen LogP contribution in [-0.2, 0) is 17.8 Å². The molecule has 6 heteroatoms. The maximum atomic E-state index is 11.6. The van der Waals surface area contributed by atoms with Gasteiger partial charge < -0.3 is 15.5 Å². The molecule has 1 aromatic rings. The zero-order valence-electron chi connectivity index (χ0n) is 13.4. The summed E-state index contributed by atoms with van der Waals surface area (Å²) in [7, 11) is 3.48. The molecule has 0 aromatic carbocycles. The first-order valence-corrected chi connectivity index (χ1v) is 8.18. The van der Waals surface area contributed by atoms with Crippen molar-refractivity contribution in [3.63, 3.8) is 0 Å². The molecular weight excluding hydrogens is 284 g/mol. The van der Waals surface area contributed by atoms with Gasteiger partial charge in [0, 0.05) is 30.4 Å². The van der Waals surface area contributed by atoms with Crippen LogP contribution in [0.2, 0.25) is 0 Å². The van der Waals surface area contributed by atoms with Gasteiger partial charge in [-0.2, -0.15) is 0 Å². The number of hydrogen-bond donors (Lipinski definition) is 2. The highest BCUT2D eigenvalue weighted by molar-refractivity contribution is 7.11. The first-order chi connectivity index (χ1) is 10.1. The molecule has 0 aliphatic carbocycles. The van der Waals surface area contributed by atoms with E-state index in [2.05, 4.69) is 41.6 Å². The number of aliphatic imine (C=N–C) groups is 1. The van der Waals surface area contributed by atoms with Crippen LogP contribution in [0.25, 0.3) is 0 Å². The third-order valence-corrected chi connectivity index (χ3v) is 4.14. The highest BCUT2D eigenvalue weighted by Gasteiger charge is 2.05. The fourth-order valence-corrected chi connectivity index (χ4v) is 2.48. The highest BCUT2D eigenvalue weighted by Crippen LogP contribution is 2.16. The maximum Gasteiger partial charge on any atom is 0.243 e. The highest BCUT2D eigenvalue weighted by atomic mass is 32.1. The van der Waals surface area contributed by atoms with E-state index in [4.69, 9.17) is 0 Å². The van der Waals surface area contributed by atoms with Gasteiger partial charge in [0.1, 0.15) is 6.54 Å². The summed E-state index contributed by atoms with van der Waals surface area (Å²) < 4.78 is 0. The van der Waals surface area contributed by atoms with Crippen LogP contribution in [0, 0.1) is 0 Å². The van der Waals surface area contributed by atoms with Crippen LogP contribution in [0.4, 0.5) is 0 Å². The van der Waals surface area contributed by atoms with Crippen molar-refractivity contribution in [2.75, 3.05) is 27.2 Å². The Bertz CT molecular complexity index is 468. The minimum Gasteiger partial charge on any atom is -0.356 e. The number of aryl methyl sites for hydroxylation is 1. The van der Waals surface area contributed by atoms with Crippen LogP contribution in [0.5, 0.6) is 0 Å². The fraction of sp³-hybridized carbons (Fsp3) is 0.600. The smallest absolute Gasteiger partial charge is 0.243 e. The Morgan fingerprint density at radius 1 is 1.24 bits per heavy atom. The molecule has 0 saturated heterocycles. The molecule has 1 amide bonds. The number of amides is 1. The van der Waals surface area contributed by atoms with E-state index in [1.54, 1.807) is 19.0 Å². The molecule has 1 aromatic heterocycles. The normalized spacial score (nSPS) is 11.3. The number of likely N-dealkylation sites (N-methyl/N-ethyl adjacent to an activating group) is 1. The Labute approximate surface area is 131 Å². The number of carbonyl (C=O) groups is 1. The topological polar surface area (TPSA) is 56.7 Å². The summed E-state index contributed by atoms with van der Waals surface area (Å²) in [5.41, 5.74) is 0. The quantitative estimate of drug-likeness (QED) is 0.597. The van der Waals surface area contributed by atoms with Gasteiger partial charge in [-0.1, -0.05) is 13.8 Å². The molecule has 0 fully saturated rings. The molecular formula is C15H26N4OS. The molecule has 0 atom stereocenters. The van der Waals surface area contributed by atoms with Crippen LogP contribution in [-0.4, -0.2) is 44.0 Å². The first-order valence-electron chi connectivity index (χ1n) is 7.36. The van der Waals surface area contributed by atoms with Gasteiger partial charge in [0.25, 0.3) is 0 Å². The third-order valence-electron chi connectivity index (χ3n) is 2.91. The molecule has 0 aliphatic rings. The van der Waals surface area contributed by atoms with Crippen molar-refractivity contribution in [2.24, 2.45) is 4.99 Å². The summed E-state index contributed by atoms with van der Waals surface area (Å²) in [6.45, 7) is 5.99. The van der Waals surface area contributed by atoms with Crippen LogP contribution in [0.1, 0.15) is 30.0 Å². The number of guanidine groups is 1. The molecule has 1 heterocycles. The number of hydrogen-bond acceptors (Lipinski definition) is 3. The lowest BCUT2D eigenvalue weighted by atomic mass is 10.3. The van der Waals surface area contributed by atoms with Crippen molar-refractivity contribution >= 4 is 23.2 Å². The average molecular weight is 310 g/mol. The number of thiophene rings is 1. The van der Waals surface area contributed by atoms with Gasteiger partial charge in [0.2, 0.25) is 5.91 Å². The van der Waals surface area contributed by atoms with Gasteiger partial charge in [-0.05, 0) is 25.0 Å². The Balaban J connectivity index is 2.56. The lowest BCUT2D eigenvalue weighted by Crippen LogP contribution is -2.38. The van der Waals surface area contributed by atoms with Crippen molar-refractivity contribution in [1.82, 2.24) is 15.5 Å². The third kappa shape index (κ3) is 6.62. The molecule has 0 bridgehead atoms. The lowest BCUT2D eigenvalue weighted by molar-refractivity contribution is -0.127. The van der Waals surface area contributed by atoms with Crippen molar-refractivity contribution < 1.29 is 4.79 Å². The second-order valence-corrected chi connectivity index (χ2v) is 6.21. The molecule has 0 radical (unpaired) electrons. The Morgan fingerprint density at radius 3 is 2.52 bits per heavy atom. The summed E-state index contributed by atoms with van der Waals surface area (Å²) in [5, 5.41) is 6.51. The summed E-state index contributed by atoms with van der Waals surface area (Å²) in [5.74, 6) is 0.690. The van der Waals surface area contributed by atoms with E-state index in [-0.39, 0.29) is 12.5 Å². The van der Waals surface area contributed by atoms with Gasteiger partial charge >= 0.3 is 0 Å². The van der Waals surface area contributed by atoms with Crippen molar-refractivity contribution in [3.05, 3.63) is 21.9 Å². The molecule has 21 heavy (non-hydrogen) atoms. The number of rotatable bonds is 7. The zero-order valence-corrected chi connectivity index (χ0v) is 14.2. The van der Waals surface area contributed by atoms with Gasteiger partial charge in [-0.25, -0.2) is 4.99 Å². The van der Waals surface area contributed by atoms with E-state index in [1.165, 1.54) is 9.75 Å². The number of nitrogens with zero attached hydrogens (tertiary/aromatic N) is 2. The van der Waals surface area contributed by atoms with E-state index in [1.807, 2.05) is 11.3 Å². The van der Waals surface area contributed by atoms with Gasteiger partial charge in [0.15, 0.2) is 5.96 Å². The van der Waals surface area contributed by atoms with Crippen LogP contribution in [0.15, 0.2) is 17.1 Å². The summed E-state index contributed by atoms with van der Waals surface area (Å²) >= 11 is 1.81. The average Bonchev–Trinajstić information content (AvgIpc) is 2.94. The summed E-state index contributed by atoms with van der Waals surface area (Å²) in [6, 6.07) is 4.30. The summed E-state index contributed by atoms with van der Waals surface area (Å²) in [6.07, 6.45) is 2.08. The predicted molar refractivity (Wildman–Crippen MR) is 89.8 cm³/mol. The van der Waals surface area contributed by atoms with Crippen LogP contribution >= 0.6 is 11.3 Å². The van der Waals surface area contributed by atoms with Gasteiger partial charge in [-0.15, -0.1) is 11.3 Å². The van der Waals surface area contributed by atoms with Gasteiger partial charge in [-0.3, -0.25) is 4.79 Å². The standard InChI is InChI=1S/C15H26N4OS/c1-5-9-16-15(18-11-14(20)19(3)4)17-10-13-8-7-12(6-2)21-13/h7-8H,5-6,9-11H2,1-4H3,(H2,16,17,18). The molecule has 0 unspecified atom stereocenters. The SMILES string of the molecule is CCCNC(=NCC(=O)N(C)C)NCc1ccc(CC)s1. The molecule has 0 saturated carbocycles. The largest absolute Gasteiger partial charge is 0.356 e. The molecule has 1 rings (SSSR count). The van der Waals surface area contributed by atoms with E-state index >= 15 is 0 Å². The molecule has 2 N–H and O–H groups in total. The number of carbonyl (C=O) groups excluding carboxylic acids is 1. The van der Waals surface area contributed by atoms with E-state index in [0.717, 1.165) is 25.9 Å². The van der Waals surface area contributed by atoms with Crippen molar-refractivity contribution in [1.29, 1.82) is 0 Å². The van der Waals surface area contributed by atoms with Crippen LogP contribution in [0.3, 0.4) is 0 Å². The molecule has 5 nitrogen and oxygen atoms in total. The monoisotopic (exact) mass is 310 g/mol. The van der Waals surface area contributed by atoms with Gasteiger partial charge in [0.05, 0.1) is 6.54 Å². The predicted octanol–water partition coefficient (Wildman–Crippen LogP) is 1.84. The van der Waals surface area contributed by atoms with E-state index in [0.29, 0.717) is 5.96 Å². The minimum absolute atomic E-state index is 0.00279.